The molecule has 0 bridgehead atoms. The van der Waals surface area contributed by atoms with Crippen molar-refractivity contribution in [1.82, 2.24) is 35.9 Å². The van der Waals surface area contributed by atoms with Crippen LogP contribution in [0, 0.1) is 13.8 Å². The van der Waals surface area contributed by atoms with Gasteiger partial charge in [-0.05, 0) is 94.5 Å². The zero-order chi connectivity index (χ0) is 36.3. The average Bonchev–Trinajstić information content (AvgIpc) is 3.92. The number of hydrogen-bond acceptors (Lipinski definition) is 6. The first kappa shape index (κ1) is 34.4. The van der Waals surface area contributed by atoms with Crippen LogP contribution in [0.15, 0.2) is 103 Å². The van der Waals surface area contributed by atoms with Gasteiger partial charge in [0, 0.05) is 62.9 Å². The second-order valence-electron chi connectivity index (χ2n) is 14.4. The average molecular weight is 704 g/mol. The number of nitrogens with one attached hydrogen (secondary N) is 4. The zero-order valence-electron chi connectivity index (χ0n) is 30.3. The van der Waals surface area contributed by atoms with Crippen LogP contribution in [0.1, 0.15) is 47.9 Å². The third-order valence-electron chi connectivity index (χ3n) is 10.8. The molecule has 9 nitrogen and oxygen atoms in total. The fourth-order valence-electron chi connectivity index (χ4n) is 7.75. The van der Waals surface area contributed by atoms with Gasteiger partial charge in [0.2, 0.25) is 11.8 Å². The van der Waals surface area contributed by atoms with Gasteiger partial charge in [-0.25, -0.2) is 0 Å². The fourth-order valence-corrected chi connectivity index (χ4v) is 7.75. The highest BCUT2D eigenvalue weighted by molar-refractivity contribution is 5.84. The van der Waals surface area contributed by atoms with E-state index in [0.29, 0.717) is 12.8 Å². The smallest absolute Gasteiger partial charge is 0.220 e. The van der Waals surface area contributed by atoms with Crippen LogP contribution in [0.25, 0.3) is 50.4 Å². The number of pyridine rings is 1. The molecule has 8 rings (SSSR count). The highest BCUT2D eigenvalue weighted by Crippen LogP contribution is 2.37. The molecule has 2 amide bonds. The third kappa shape index (κ3) is 7.49. The molecule has 6 aromatic rings. The second-order valence-corrected chi connectivity index (χ2v) is 14.4. The second kappa shape index (κ2) is 15.1. The molecule has 2 aliphatic rings. The van der Waals surface area contributed by atoms with Gasteiger partial charge in [-0.1, -0.05) is 84.9 Å². The molecule has 2 aromatic heterocycles. The minimum absolute atomic E-state index is 0.145. The van der Waals surface area contributed by atoms with E-state index >= 15 is 0 Å². The number of aromatic nitrogens is 3. The Bertz CT molecular complexity index is 2280. The topological polar surface area (TPSA) is 112 Å². The van der Waals surface area contributed by atoms with Crippen LogP contribution in [0.5, 0.6) is 0 Å². The molecule has 2 saturated heterocycles. The van der Waals surface area contributed by atoms with Crippen molar-refractivity contribution in [2.24, 2.45) is 0 Å². The molecule has 0 unspecified atom stereocenters. The van der Waals surface area contributed by atoms with E-state index in [1.165, 1.54) is 50.1 Å². The number of carbonyl (C=O) groups excluding carboxylic acids is 2. The van der Waals surface area contributed by atoms with Crippen LogP contribution in [-0.4, -0.2) is 51.6 Å². The van der Waals surface area contributed by atoms with Crippen molar-refractivity contribution in [3.63, 3.8) is 0 Å². The molecular weight excluding hydrogens is 659 g/mol. The van der Waals surface area contributed by atoms with Gasteiger partial charge in [0.15, 0.2) is 11.5 Å². The van der Waals surface area contributed by atoms with Crippen molar-refractivity contribution in [1.29, 1.82) is 0 Å². The Morgan fingerprint density at radius 1 is 0.623 bits per heavy atom. The Balaban J connectivity index is 0.965. The van der Waals surface area contributed by atoms with Crippen molar-refractivity contribution >= 4 is 17.5 Å². The Labute approximate surface area is 310 Å². The Hall–Kier alpha value is -5.64. The number of carbonyl (C=O) groups is 2. The van der Waals surface area contributed by atoms with E-state index in [-0.39, 0.29) is 23.9 Å². The maximum Gasteiger partial charge on any atom is 0.220 e. The largest absolute Gasteiger partial charge is 0.352 e. The molecule has 268 valence electrons. The summed E-state index contributed by atoms with van der Waals surface area (Å²) in [5.41, 5.74) is 13.8. The molecule has 0 radical (unpaired) electrons. The molecule has 4 heterocycles. The van der Waals surface area contributed by atoms with Gasteiger partial charge >= 0.3 is 0 Å². The lowest BCUT2D eigenvalue weighted by Gasteiger charge is -2.17. The summed E-state index contributed by atoms with van der Waals surface area (Å²) in [6.07, 6.45) is 5.12. The maximum atomic E-state index is 11.5. The van der Waals surface area contributed by atoms with Gasteiger partial charge in [-0.15, -0.1) is 10.2 Å². The zero-order valence-corrected chi connectivity index (χ0v) is 30.3. The Morgan fingerprint density at radius 2 is 1.13 bits per heavy atom. The minimum atomic E-state index is 0.145. The summed E-state index contributed by atoms with van der Waals surface area (Å²) >= 11 is 0. The summed E-state index contributed by atoms with van der Waals surface area (Å²) < 4.78 is 2.04. The highest BCUT2D eigenvalue weighted by atomic mass is 16.2. The predicted molar refractivity (Wildman–Crippen MR) is 210 cm³/mol. The quantitative estimate of drug-likeness (QED) is 0.112. The number of nitrogens with zero attached hydrogens (tertiary/aromatic N) is 3. The lowest BCUT2D eigenvalue weighted by atomic mass is 9.88. The van der Waals surface area contributed by atoms with Gasteiger partial charge in [0.1, 0.15) is 0 Å². The van der Waals surface area contributed by atoms with Gasteiger partial charge in [0.05, 0.1) is 0 Å². The summed E-state index contributed by atoms with van der Waals surface area (Å²) in [6, 6.07) is 35.0. The van der Waals surface area contributed by atoms with E-state index in [4.69, 9.17) is 0 Å². The monoisotopic (exact) mass is 703 g/mol. The van der Waals surface area contributed by atoms with Crippen LogP contribution in [0.4, 0.5) is 0 Å². The first-order valence-electron chi connectivity index (χ1n) is 18.6. The summed E-state index contributed by atoms with van der Waals surface area (Å²) in [5.74, 6) is 1.10. The number of benzene rings is 4. The first-order chi connectivity index (χ1) is 25.9. The van der Waals surface area contributed by atoms with E-state index in [2.05, 4.69) is 149 Å². The number of rotatable bonds is 12. The van der Waals surface area contributed by atoms with E-state index in [0.717, 1.165) is 61.6 Å². The number of fused-ring (bicyclic) bond motifs is 1. The predicted octanol–water partition coefficient (Wildman–Crippen LogP) is 6.75. The molecular formula is C44H45N7O2. The normalized spacial score (nSPS) is 17.0. The Morgan fingerprint density at radius 3 is 1.66 bits per heavy atom. The maximum absolute atomic E-state index is 11.5. The van der Waals surface area contributed by atoms with E-state index in [9.17, 15) is 9.59 Å². The van der Waals surface area contributed by atoms with Crippen LogP contribution < -0.4 is 21.3 Å². The standard InChI is InChI=1S/C44H45N7O2/c1-28-37(32-13-9-30(10-14-32)24-45-26-35-17-19-42(52)47-35)5-3-7-39(28)40-8-4-6-38(29(40)2)34-21-22-51-41(23-34)49-50-44(51)33-15-11-31(12-16-33)25-46-27-36-18-20-43(53)48-36/h3-16,21-23,35-36,45-46H,17-20,24-27H2,1-2H3,(H,47,52)(H,48,53)/t35-,36-/m1/s1. The lowest BCUT2D eigenvalue weighted by Crippen LogP contribution is -2.35. The summed E-state index contributed by atoms with van der Waals surface area (Å²) in [7, 11) is 0. The molecule has 0 spiro atoms. The van der Waals surface area contributed by atoms with Gasteiger partial charge in [-0.3, -0.25) is 14.0 Å². The molecule has 2 atom stereocenters. The van der Waals surface area contributed by atoms with Crippen molar-refractivity contribution in [2.45, 2.75) is 64.7 Å². The van der Waals surface area contributed by atoms with Crippen molar-refractivity contribution < 1.29 is 9.59 Å². The van der Waals surface area contributed by atoms with E-state index in [1.54, 1.807) is 0 Å². The molecule has 2 aliphatic heterocycles. The van der Waals surface area contributed by atoms with E-state index in [1.807, 2.05) is 4.40 Å². The molecule has 4 N–H and O–H groups in total. The van der Waals surface area contributed by atoms with Crippen molar-refractivity contribution in [3.05, 3.63) is 126 Å². The summed E-state index contributed by atoms with van der Waals surface area (Å²) in [6.45, 7) is 7.50. The highest BCUT2D eigenvalue weighted by Gasteiger charge is 2.21. The molecule has 0 saturated carbocycles. The van der Waals surface area contributed by atoms with Crippen molar-refractivity contribution in [3.8, 4) is 44.8 Å². The van der Waals surface area contributed by atoms with Crippen molar-refractivity contribution in [2.75, 3.05) is 13.1 Å². The van der Waals surface area contributed by atoms with Crippen LogP contribution in [0.3, 0.4) is 0 Å². The van der Waals surface area contributed by atoms with Gasteiger partial charge in [0.25, 0.3) is 0 Å². The van der Waals surface area contributed by atoms with Gasteiger partial charge in [-0.2, -0.15) is 0 Å². The molecule has 4 aromatic carbocycles. The number of hydrogen-bond donors (Lipinski definition) is 4. The number of amides is 2. The summed E-state index contributed by atoms with van der Waals surface area (Å²) in [4.78, 5) is 23.0. The Kier molecular flexibility index (Phi) is 9.84. The lowest BCUT2D eigenvalue weighted by molar-refractivity contribution is -0.120. The molecule has 0 aliphatic carbocycles. The SMILES string of the molecule is Cc1c(-c2ccc(CNC[C@H]3CCC(=O)N3)cc2)cccc1-c1cccc(-c2ccn3c(-c4ccc(CNC[C@H]5CCC(=O)N5)cc4)nnc3c2)c1C. The molecule has 9 heteroatoms. The van der Waals surface area contributed by atoms with Crippen LogP contribution >= 0.6 is 0 Å². The van der Waals surface area contributed by atoms with E-state index < -0.39 is 0 Å². The third-order valence-corrected chi connectivity index (χ3v) is 10.8. The first-order valence-corrected chi connectivity index (χ1v) is 18.6. The minimum Gasteiger partial charge on any atom is -0.352 e. The van der Waals surface area contributed by atoms with Gasteiger partial charge < -0.3 is 21.3 Å². The molecule has 53 heavy (non-hydrogen) atoms. The summed E-state index contributed by atoms with van der Waals surface area (Å²) in [5, 5.41) is 22.1. The van der Waals surface area contributed by atoms with Crippen LogP contribution in [-0.2, 0) is 22.7 Å². The fraction of sp³-hybridized carbons (Fsp3) is 0.273. The van der Waals surface area contributed by atoms with Crippen LogP contribution in [0.2, 0.25) is 0 Å². The molecule has 2 fully saturated rings.